The Morgan fingerprint density at radius 1 is 1.20 bits per heavy atom. The summed E-state index contributed by atoms with van der Waals surface area (Å²) in [5.74, 6) is -0.233. The van der Waals surface area contributed by atoms with Crippen LogP contribution in [0.5, 0.6) is 0 Å². The fraction of sp³-hybridized carbons (Fsp3) is 0.471. The molecule has 1 aromatic carbocycles. The predicted octanol–water partition coefficient (Wildman–Crippen LogP) is 1.51. The monoisotopic (exact) mass is 348 g/mol. The molecule has 0 aliphatic carbocycles. The number of benzene rings is 1. The molecule has 0 aliphatic heterocycles. The summed E-state index contributed by atoms with van der Waals surface area (Å²) in [6.07, 6.45) is 0.104. The van der Waals surface area contributed by atoms with Crippen molar-refractivity contribution in [1.29, 1.82) is 0 Å². The molecular formula is C17H24N4O4. The maximum atomic E-state index is 12.1. The number of carbonyl (C=O) groups is 2. The lowest BCUT2D eigenvalue weighted by atomic mass is 10.2. The number of hydrogen-bond donors (Lipinski definition) is 3. The number of carbonyl (C=O) groups excluding carboxylic acids is 2. The Hall–Kier alpha value is -2.77. The van der Waals surface area contributed by atoms with Crippen molar-refractivity contribution in [2.75, 3.05) is 13.1 Å². The second-order valence-corrected chi connectivity index (χ2v) is 6.76. The van der Waals surface area contributed by atoms with Gasteiger partial charge >= 0.3 is 11.8 Å². The van der Waals surface area contributed by atoms with Gasteiger partial charge in [0.15, 0.2) is 0 Å². The van der Waals surface area contributed by atoms with Gasteiger partial charge in [-0.2, -0.15) is 0 Å². The molecule has 25 heavy (non-hydrogen) atoms. The second-order valence-electron chi connectivity index (χ2n) is 6.76. The van der Waals surface area contributed by atoms with E-state index in [0.29, 0.717) is 30.6 Å². The summed E-state index contributed by atoms with van der Waals surface area (Å²) < 4.78 is 6.60. The van der Waals surface area contributed by atoms with Crippen LogP contribution in [0.25, 0.3) is 11.0 Å². The molecule has 0 saturated carbocycles. The minimum Gasteiger partial charge on any atom is -0.444 e. The van der Waals surface area contributed by atoms with Crippen LogP contribution < -0.4 is 16.3 Å². The Morgan fingerprint density at radius 2 is 1.88 bits per heavy atom. The summed E-state index contributed by atoms with van der Waals surface area (Å²) in [7, 11) is 1.67. The number of nitrogens with one attached hydrogen (secondary N) is 3. The molecule has 1 heterocycles. The van der Waals surface area contributed by atoms with E-state index < -0.39 is 11.7 Å². The van der Waals surface area contributed by atoms with Crippen molar-refractivity contribution in [3.63, 3.8) is 0 Å². The first kappa shape index (κ1) is 18.6. The lowest BCUT2D eigenvalue weighted by Gasteiger charge is -2.19. The molecule has 136 valence electrons. The summed E-state index contributed by atoms with van der Waals surface area (Å²) in [4.78, 5) is 37.9. The van der Waals surface area contributed by atoms with Crippen molar-refractivity contribution >= 4 is 23.0 Å². The van der Waals surface area contributed by atoms with E-state index >= 15 is 0 Å². The highest BCUT2D eigenvalue weighted by Gasteiger charge is 2.15. The third-order valence-corrected chi connectivity index (χ3v) is 3.47. The number of fused-ring (bicyclic) bond motifs is 1. The van der Waals surface area contributed by atoms with Gasteiger partial charge in [-0.05, 0) is 45.4 Å². The normalized spacial score (nSPS) is 11.4. The van der Waals surface area contributed by atoms with Crippen LogP contribution in [0.1, 0.15) is 37.6 Å². The Labute approximate surface area is 145 Å². The number of imidazole rings is 1. The lowest BCUT2D eigenvalue weighted by Crippen LogP contribution is -2.34. The van der Waals surface area contributed by atoms with E-state index in [2.05, 4.69) is 15.6 Å². The SMILES string of the molecule is Cn1c(=O)[nH]c2cc(C(=O)NCCCNC(=O)OC(C)(C)C)ccc21. The molecule has 0 saturated heterocycles. The van der Waals surface area contributed by atoms with Crippen LogP contribution in [0.4, 0.5) is 4.79 Å². The molecule has 0 bridgehead atoms. The predicted molar refractivity (Wildman–Crippen MR) is 94.7 cm³/mol. The van der Waals surface area contributed by atoms with E-state index in [-0.39, 0.29) is 11.6 Å². The highest BCUT2D eigenvalue weighted by Crippen LogP contribution is 2.12. The topological polar surface area (TPSA) is 105 Å². The fourth-order valence-electron chi connectivity index (χ4n) is 2.28. The number of aromatic amines is 1. The number of hydrogen-bond acceptors (Lipinski definition) is 4. The van der Waals surface area contributed by atoms with Gasteiger partial charge in [-0.1, -0.05) is 0 Å². The molecule has 2 aromatic rings. The largest absolute Gasteiger partial charge is 0.444 e. The van der Waals surface area contributed by atoms with Gasteiger partial charge in [0.25, 0.3) is 5.91 Å². The van der Waals surface area contributed by atoms with Crippen molar-refractivity contribution in [3.8, 4) is 0 Å². The van der Waals surface area contributed by atoms with E-state index in [1.54, 1.807) is 46.0 Å². The van der Waals surface area contributed by atoms with Gasteiger partial charge in [-0.15, -0.1) is 0 Å². The second kappa shape index (κ2) is 7.42. The average molecular weight is 348 g/mol. The van der Waals surface area contributed by atoms with Crippen molar-refractivity contribution in [2.45, 2.75) is 32.8 Å². The highest BCUT2D eigenvalue weighted by atomic mass is 16.6. The summed E-state index contributed by atoms with van der Waals surface area (Å²) >= 11 is 0. The van der Waals surface area contributed by atoms with E-state index in [1.165, 1.54) is 4.57 Å². The van der Waals surface area contributed by atoms with E-state index in [9.17, 15) is 14.4 Å². The standard InChI is InChI=1S/C17H24N4O4/c1-17(2,3)25-16(24)19-9-5-8-18-14(22)11-6-7-13-12(10-11)20-15(23)21(13)4/h6-7,10H,5,8-9H2,1-4H3,(H,18,22)(H,19,24)(H,20,23). The zero-order valence-electron chi connectivity index (χ0n) is 14.9. The van der Waals surface area contributed by atoms with E-state index in [4.69, 9.17) is 4.74 Å². The van der Waals surface area contributed by atoms with E-state index in [0.717, 1.165) is 5.52 Å². The van der Waals surface area contributed by atoms with Gasteiger partial charge < -0.3 is 20.4 Å². The first-order valence-electron chi connectivity index (χ1n) is 8.11. The van der Waals surface area contributed by atoms with Crippen LogP contribution >= 0.6 is 0 Å². The number of aryl methyl sites for hydroxylation is 1. The summed E-state index contributed by atoms with van der Waals surface area (Å²) in [5.41, 5.74) is 1.07. The molecule has 0 aliphatic rings. The molecule has 0 atom stereocenters. The third-order valence-electron chi connectivity index (χ3n) is 3.47. The number of nitrogens with zero attached hydrogens (tertiary/aromatic N) is 1. The number of amides is 2. The molecule has 2 amide bonds. The Bertz CT molecular complexity index is 829. The molecule has 0 fully saturated rings. The fourth-order valence-corrected chi connectivity index (χ4v) is 2.28. The van der Waals surface area contributed by atoms with Crippen LogP contribution in [0.15, 0.2) is 23.0 Å². The van der Waals surface area contributed by atoms with Gasteiger partial charge in [-0.25, -0.2) is 9.59 Å². The van der Waals surface area contributed by atoms with Crippen molar-refractivity contribution in [2.24, 2.45) is 7.05 Å². The first-order valence-corrected chi connectivity index (χ1v) is 8.11. The Balaban J connectivity index is 1.79. The Morgan fingerprint density at radius 3 is 2.56 bits per heavy atom. The molecule has 0 unspecified atom stereocenters. The van der Waals surface area contributed by atoms with Gasteiger partial charge in [0.05, 0.1) is 11.0 Å². The smallest absolute Gasteiger partial charge is 0.407 e. The minimum absolute atomic E-state index is 0.222. The van der Waals surface area contributed by atoms with Gasteiger partial charge in [0, 0.05) is 25.7 Å². The van der Waals surface area contributed by atoms with Crippen LogP contribution in [-0.2, 0) is 11.8 Å². The molecular weight excluding hydrogens is 324 g/mol. The molecule has 8 nitrogen and oxygen atoms in total. The minimum atomic E-state index is -0.532. The van der Waals surface area contributed by atoms with E-state index in [1.807, 2.05) is 0 Å². The number of ether oxygens (including phenoxy) is 1. The molecule has 0 spiro atoms. The quantitative estimate of drug-likeness (QED) is 0.712. The van der Waals surface area contributed by atoms with Crippen molar-refractivity contribution in [3.05, 3.63) is 34.2 Å². The van der Waals surface area contributed by atoms with Gasteiger partial charge in [0.2, 0.25) is 0 Å². The van der Waals surface area contributed by atoms with Crippen LogP contribution in [-0.4, -0.2) is 40.2 Å². The molecule has 3 N–H and O–H groups in total. The maximum Gasteiger partial charge on any atom is 0.407 e. The number of H-pyrrole nitrogens is 1. The third kappa shape index (κ3) is 5.10. The number of alkyl carbamates (subject to hydrolysis) is 1. The number of rotatable bonds is 5. The van der Waals surface area contributed by atoms with Crippen molar-refractivity contribution < 1.29 is 14.3 Å². The first-order chi connectivity index (χ1) is 11.7. The number of aromatic nitrogens is 2. The summed E-state index contributed by atoms with van der Waals surface area (Å²) in [6, 6.07) is 5.04. The van der Waals surface area contributed by atoms with Crippen LogP contribution in [0.3, 0.4) is 0 Å². The maximum absolute atomic E-state index is 12.1. The average Bonchev–Trinajstić information content (AvgIpc) is 2.79. The zero-order chi connectivity index (χ0) is 18.6. The summed E-state index contributed by atoms with van der Waals surface area (Å²) in [6.45, 7) is 6.20. The molecule has 1 aromatic heterocycles. The van der Waals surface area contributed by atoms with Crippen molar-refractivity contribution in [1.82, 2.24) is 20.2 Å². The lowest BCUT2D eigenvalue weighted by molar-refractivity contribution is 0.0527. The van der Waals surface area contributed by atoms with Crippen LogP contribution in [0.2, 0.25) is 0 Å². The van der Waals surface area contributed by atoms with Crippen LogP contribution in [0, 0.1) is 0 Å². The van der Waals surface area contributed by atoms with Gasteiger partial charge in [-0.3, -0.25) is 9.36 Å². The zero-order valence-corrected chi connectivity index (χ0v) is 14.9. The van der Waals surface area contributed by atoms with Gasteiger partial charge in [0.1, 0.15) is 5.60 Å². The molecule has 2 rings (SSSR count). The Kier molecular flexibility index (Phi) is 5.51. The molecule has 8 heteroatoms. The molecule has 0 radical (unpaired) electrons. The summed E-state index contributed by atoms with van der Waals surface area (Å²) in [5, 5.41) is 5.41. The highest BCUT2D eigenvalue weighted by molar-refractivity contribution is 5.97.